The molecule has 4 aromatic rings. The molecule has 0 unspecified atom stereocenters. The first-order valence-corrected chi connectivity index (χ1v) is 12.6. The fourth-order valence-corrected chi connectivity index (χ4v) is 4.88. The molecule has 2 saturated carbocycles. The molecule has 0 saturated heterocycles. The molecule has 2 aliphatic carbocycles. The van der Waals surface area contributed by atoms with Crippen LogP contribution in [0.2, 0.25) is 0 Å². The number of ether oxygens (including phenoxy) is 1. The zero-order valence-corrected chi connectivity index (χ0v) is 20.8. The number of pyridine rings is 2. The summed E-state index contributed by atoms with van der Waals surface area (Å²) in [5.74, 6) is 2.32. The van der Waals surface area contributed by atoms with Gasteiger partial charge in [0.05, 0.1) is 22.8 Å². The highest BCUT2D eigenvalue weighted by molar-refractivity contribution is 5.81. The molecular weight excluding hydrogens is 470 g/mol. The number of aliphatic hydroxyl groups excluding tert-OH is 1. The van der Waals surface area contributed by atoms with Crippen molar-refractivity contribution in [1.82, 2.24) is 19.1 Å². The Labute approximate surface area is 213 Å². The van der Waals surface area contributed by atoms with Crippen molar-refractivity contribution in [2.24, 2.45) is 7.05 Å². The van der Waals surface area contributed by atoms with Gasteiger partial charge < -0.3 is 24.3 Å². The van der Waals surface area contributed by atoms with E-state index in [2.05, 4.69) is 10.3 Å². The lowest BCUT2D eigenvalue weighted by Crippen LogP contribution is -2.37. The summed E-state index contributed by atoms with van der Waals surface area (Å²) in [6, 6.07) is 11.1. The molecule has 0 radical (unpaired) electrons. The van der Waals surface area contributed by atoms with Crippen LogP contribution in [0.25, 0.3) is 11.0 Å². The van der Waals surface area contributed by atoms with Crippen LogP contribution in [0.5, 0.6) is 11.5 Å². The lowest BCUT2D eigenvalue weighted by Gasteiger charge is -2.33. The monoisotopic (exact) mass is 499 g/mol. The number of fused-ring (bicyclic) bond motifs is 1. The van der Waals surface area contributed by atoms with Crippen LogP contribution < -0.4 is 15.6 Å². The first-order valence-electron chi connectivity index (χ1n) is 12.6. The Balaban J connectivity index is 1.29. The van der Waals surface area contributed by atoms with Crippen molar-refractivity contribution in [2.45, 2.75) is 57.1 Å². The maximum absolute atomic E-state index is 13.3. The Morgan fingerprint density at radius 1 is 1.16 bits per heavy atom. The second kappa shape index (κ2) is 9.15. The van der Waals surface area contributed by atoms with Crippen LogP contribution >= 0.6 is 0 Å². The number of hydrogen-bond donors (Lipinski definition) is 2. The number of aliphatic hydroxyl groups is 1. The Hall–Kier alpha value is -3.98. The van der Waals surface area contributed by atoms with Crippen molar-refractivity contribution in [2.75, 3.05) is 5.32 Å². The van der Waals surface area contributed by atoms with Crippen LogP contribution in [-0.4, -0.2) is 36.1 Å². The first kappa shape index (κ1) is 23.4. The van der Waals surface area contributed by atoms with E-state index in [1.807, 2.05) is 42.1 Å². The van der Waals surface area contributed by atoms with Crippen LogP contribution in [0, 0.1) is 0 Å². The molecule has 0 aliphatic heterocycles. The van der Waals surface area contributed by atoms with Gasteiger partial charge in [-0.25, -0.2) is 4.98 Å². The number of imidazole rings is 1. The van der Waals surface area contributed by atoms with Gasteiger partial charge >= 0.3 is 0 Å². The maximum Gasteiger partial charge on any atom is 0.274 e. The molecule has 2 N–H and O–H groups in total. The zero-order chi connectivity index (χ0) is 25.7. The van der Waals surface area contributed by atoms with Crippen molar-refractivity contribution in [3.8, 4) is 11.5 Å². The first-order chi connectivity index (χ1) is 17.8. The zero-order valence-electron chi connectivity index (χ0n) is 20.8. The molecule has 9 heteroatoms. The van der Waals surface area contributed by atoms with E-state index in [0.717, 1.165) is 29.4 Å². The Morgan fingerprint density at radius 3 is 2.68 bits per heavy atom. The van der Waals surface area contributed by atoms with Crippen molar-refractivity contribution in [1.29, 1.82) is 0 Å². The Kier molecular flexibility index (Phi) is 5.79. The number of rotatable bonds is 8. The van der Waals surface area contributed by atoms with Gasteiger partial charge in [0.15, 0.2) is 0 Å². The largest absolute Gasteiger partial charge is 0.457 e. The molecule has 190 valence electrons. The van der Waals surface area contributed by atoms with E-state index >= 15 is 0 Å². The third-order valence-corrected chi connectivity index (χ3v) is 7.15. The Bertz CT molecular complexity index is 1560. The minimum Gasteiger partial charge on any atom is -0.457 e. The van der Waals surface area contributed by atoms with E-state index in [-0.39, 0.29) is 29.9 Å². The number of hydrogen-bond acceptors (Lipinski definition) is 7. The molecule has 2 fully saturated rings. The number of nitrogens with one attached hydrogen (secondary N) is 1. The molecule has 3 heterocycles. The molecule has 2 aliphatic rings. The maximum atomic E-state index is 13.3. The van der Waals surface area contributed by atoms with E-state index in [1.165, 1.54) is 6.92 Å². The summed E-state index contributed by atoms with van der Waals surface area (Å²) in [6.45, 7) is 1.53. The summed E-state index contributed by atoms with van der Waals surface area (Å²) in [5.41, 5.74) is 3.82. The topological polar surface area (TPSA) is 111 Å². The third kappa shape index (κ3) is 4.74. The number of Topliss-reactive ketones (excluding diaryl/α,β-unsaturated/α-hetero) is 1. The summed E-state index contributed by atoms with van der Waals surface area (Å²) in [4.78, 5) is 33.7. The summed E-state index contributed by atoms with van der Waals surface area (Å²) in [5, 5.41) is 13.1. The van der Waals surface area contributed by atoms with Crippen LogP contribution in [-0.2, 0) is 18.3 Å². The molecule has 0 amide bonds. The van der Waals surface area contributed by atoms with Gasteiger partial charge in [-0.3, -0.25) is 14.6 Å². The highest BCUT2D eigenvalue weighted by Crippen LogP contribution is 2.41. The standard InChI is InChI=1S/C28H29N5O4/c1-16(34)9-19-11-23(7-8-29-19)37-22-5-6-24-26(14-22)32(2)28(30-24)31-25-10-18(17-3-4-17)15-33(27(25)36)20-12-21(35)13-20/h5-8,10-11,14-15,17,20-21,35H,3-4,9,12-13H2,1-2H3,(H,30,31). The van der Waals surface area contributed by atoms with E-state index in [0.29, 0.717) is 47.6 Å². The molecule has 0 spiro atoms. The van der Waals surface area contributed by atoms with Gasteiger partial charge in [0.1, 0.15) is 23.0 Å². The van der Waals surface area contributed by atoms with Gasteiger partial charge in [0.2, 0.25) is 5.95 Å². The molecule has 0 bridgehead atoms. The molecule has 6 rings (SSSR count). The molecule has 37 heavy (non-hydrogen) atoms. The molecule has 9 nitrogen and oxygen atoms in total. The number of carbonyl (C=O) groups excluding carboxylic acids is 1. The highest BCUT2D eigenvalue weighted by Gasteiger charge is 2.32. The molecule has 0 atom stereocenters. The number of anilines is 2. The second-order valence-corrected chi connectivity index (χ2v) is 10.2. The van der Waals surface area contributed by atoms with E-state index in [4.69, 9.17) is 9.72 Å². The van der Waals surface area contributed by atoms with Gasteiger partial charge in [-0.2, -0.15) is 0 Å². The van der Waals surface area contributed by atoms with E-state index < -0.39 is 0 Å². The van der Waals surface area contributed by atoms with Crippen molar-refractivity contribution < 1.29 is 14.6 Å². The van der Waals surface area contributed by atoms with Crippen LogP contribution in [0.3, 0.4) is 0 Å². The normalized spacial score (nSPS) is 19.0. The van der Waals surface area contributed by atoms with Gasteiger partial charge in [-0.05, 0) is 68.4 Å². The Morgan fingerprint density at radius 2 is 1.95 bits per heavy atom. The van der Waals surface area contributed by atoms with Crippen molar-refractivity contribution >= 4 is 28.5 Å². The SMILES string of the molecule is CC(=O)Cc1cc(Oc2ccc3nc(Nc4cc(C5CC5)cn(C5CC(O)C5)c4=O)n(C)c3c2)ccn1. The average molecular weight is 500 g/mol. The fourth-order valence-electron chi connectivity index (χ4n) is 4.88. The van der Waals surface area contributed by atoms with Gasteiger partial charge in [0.25, 0.3) is 5.56 Å². The summed E-state index contributed by atoms with van der Waals surface area (Å²) >= 11 is 0. The smallest absolute Gasteiger partial charge is 0.274 e. The van der Waals surface area contributed by atoms with E-state index in [1.54, 1.807) is 22.9 Å². The summed E-state index contributed by atoms with van der Waals surface area (Å²) in [6.07, 6.45) is 7.01. The van der Waals surface area contributed by atoms with Crippen LogP contribution in [0.1, 0.15) is 55.8 Å². The number of carbonyl (C=O) groups is 1. The number of benzene rings is 1. The number of aromatic nitrogens is 4. The minimum absolute atomic E-state index is 0.0334. The summed E-state index contributed by atoms with van der Waals surface area (Å²) < 4.78 is 9.73. The third-order valence-electron chi connectivity index (χ3n) is 7.15. The lowest BCUT2D eigenvalue weighted by atomic mass is 9.89. The quantitative estimate of drug-likeness (QED) is 0.370. The number of nitrogens with zero attached hydrogens (tertiary/aromatic N) is 4. The molecule has 3 aromatic heterocycles. The van der Waals surface area contributed by atoms with Crippen LogP contribution in [0.15, 0.2) is 53.6 Å². The summed E-state index contributed by atoms with van der Waals surface area (Å²) in [7, 11) is 1.89. The van der Waals surface area contributed by atoms with Crippen LogP contribution in [0.4, 0.5) is 11.6 Å². The van der Waals surface area contributed by atoms with Crippen molar-refractivity contribution in [3.63, 3.8) is 0 Å². The fraction of sp³-hybridized carbons (Fsp3) is 0.357. The van der Waals surface area contributed by atoms with Crippen molar-refractivity contribution in [3.05, 3.63) is 70.4 Å². The number of aryl methyl sites for hydroxylation is 1. The van der Waals surface area contributed by atoms with Gasteiger partial charge in [-0.1, -0.05) is 0 Å². The van der Waals surface area contributed by atoms with Gasteiger partial charge in [0, 0.05) is 44.0 Å². The highest BCUT2D eigenvalue weighted by atomic mass is 16.5. The average Bonchev–Trinajstić information content (AvgIpc) is 3.64. The van der Waals surface area contributed by atoms with E-state index in [9.17, 15) is 14.7 Å². The predicted octanol–water partition coefficient (Wildman–Crippen LogP) is 4.37. The predicted molar refractivity (Wildman–Crippen MR) is 140 cm³/mol. The minimum atomic E-state index is -0.331. The second-order valence-electron chi connectivity index (χ2n) is 10.2. The molecular formula is C28H29N5O4. The van der Waals surface area contributed by atoms with Gasteiger partial charge in [-0.15, -0.1) is 0 Å². The lowest BCUT2D eigenvalue weighted by molar-refractivity contribution is -0.116. The molecule has 1 aromatic carbocycles. The number of ketones is 1.